The predicted octanol–water partition coefficient (Wildman–Crippen LogP) is 1.48. The van der Waals surface area contributed by atoms with Gasteiger partial charge in [0, 0.05) is 6.61 Å². The Hall–Kier alpha value is -0.720. The Labute approximate surface area is 61.1 Å². The van der Waals surface area contributed by atoms with Crippen molar-refractivity contribution in [1.29, 1.82) is 0 Å². The van der Waals surface area contributed by atoms with Gasteiger partial charge in [-0.1, -0.05) is 12.3 Å². The van der Waals surface area contributed by atoms with Gasteiger partial charge >= 0.3 is 0 Å². The van der Waals surface area contributed by atoms with Gasteiger partial charge in [0.25, 0.3) is 0 Å². The highest BCUT2D eigenvalue weighted by molar-refractivity contribution is 4.68. The first-order valence-electron chi connectivity index (χ1n) is 3.51. The van der Waals surface area contributed by atoms with E-state index in [0.717, 1.165) is 19.4 Å². The minimum atomic E-state index is 0.296. The molecule has 1 atom stereocenters. The van der Waals surface area contributed by atoms with Gasteiger partial charge in [-0.3, -0.25) is 0 Å². The molecule has 0 bridgehead atoms. The Morgan fingerprint density at radius 3 is 3.30 bits per heavy atom. The van der Waals surface area contributed by atoms with Gasteiger partial charge in [-0.2, -0.15) is 0 Å². The van der Waals surface area contributed by atoms with Crippen molar-refractivity contribution >= 4 is 0 Å². The quantitative estimate of drug-likeness (QED) is 0.436. The van der Waals surface area contributed by atoms with Crippen LogP contribution in [-0.2, 0) is 9.47 Å². The Morgan fingerprint density at radius 2 is 2.70 bits per heavy atom. The summed E-state index contributed by atoms with van der Waals surface area (Å²) in [7, 11) is 0. The van der Waals surface area contributed by atoms with E-state index in [-0.39, 0.29) is 0 Å². The van der Waals surface area contributed by atoms with E-state index in [4.69, 9.17) is 9.47 Å². The van der Waals surface area contributed by atoms with E-state index >= 15 is 0 Å². The van der Waals surface area contributed by atoms with Gasteiger partial charge in [0.2, 0.25) is 0 Å². The third-order valence-electron chi connectivity index (χ3n) is 1.47. The van der Waals surface area contributed by atoms with Gasteiger partial charge in [0.15, 0.2) is 0 Å². The zero-order chi connectivity index (χ0) is 7.23. The molecule has 0 aromatic carbocycles. The number of rotatable bonds is 3. The highest BCUT2D eigenvalue weighted by Crippen LogP contribution is 2.11. The van der Waals surface area contributed by atoms with Crippen LogP contribution in [0.2, 0.25) is 0 Å². The van der Waals surface area contributed by atoms with Gasteiger partial charge < -0.3 is 9.47 Å². The average Bonchev–Trinajstić information content (AvgIpc) is 2.41. The number of hydrogen-bond donors (Lipinski definition) is 0. The lowest BCUT2D eigenvalue weighted by Gasteiger charge is -2.06. The van der Waals surface area contributed by atoms with Crippen molar-refractivity contribution in [2.24, 2.45) is 0 Å². The minimum absolute atomic E-state index is 0.296. The molecule has 10 heavy (non-hydrogen) atoms. The lowest BCUT2D eigenvalue weighted by Crippen LogP contribution is -2.11. The maximum atomic E-state index is 5.31. The molecule has 1 fully saturated rings. The van der Waals surface area contributed by atoms with Crippen molar-refractivity contribution in [2.75, 3.05) is 13.2 Å². The molecule has 0 N–H and O–H groups in total. The SMILES string of the molecule is C=C=COCC1CCCO1. The van der Waals surface area contributed by atoms with Crippen molar-refractivity contribution in [2.45, 2.75) is 18.9 Å². The standard InChI is InChI=1S/C8H12O2/c1-2-5-9-7-8-4-3-6-10-8/h5,8H,1,3-4,6-7H2. The molecule has 1 aliphatic rings. The molecule has 0 amide bonds. The molecular formula is C8H12O2. The summed E-state index contributed by atoms with van der Waals surface area (Å²) in [4.78, 5) is 0. The Bertz CT molecular complexity index is 130. The van der Waals surface area contributed by atoms with Crippen LogP contribution in [0.5, 0.6) is 0 Å². The van der Waals surface area contributed by atoms with E-state index in [1.807, 2.05) is 0 Å². The molecule has 0 aromatic heterocycles. The summed E-state index contributed by atoms with van der Waals surface area (Å²) in [5, 5.41) is 0. The second-order valence-electron chi connectivity index (χ2n) is 2.29. The average molecular weight is 140 g/mol. The molecule has 0 aromatic rings. The summed E-state index contributed by atoms with van der Waals surface area (Å²) in [6.07, 6.45) is 4.04. The molecule has 0 radical (unpaired) electrons. The highest BCUT2D eigenvalue weighted by Gasteiger charge is 2.14. The van der Waals surface area contributed by atoms with Crippen LogP contribution < -0.4 is 0 Å². The van der Waals surface area contributed by atoms with Gasteiger partial charge in [-0.15, -0.1) is 0 Å². The summed E-state index contributed by atoms with van der Waals surface area (Å²) in [5.41, 5.74) is 2.54. The van der Waals surface area contributed by atoms with Crippen LogP contribution in [-0.4, -0.2) is 19.3 Å². The lowest BCUT2D eigenvalue weighted by atomic mass is 10.2. The van der Waals surface area contributed by atoms with Crippen molar-refractivity contribution in [3.63, 3.8) is 0 Å². The van der Waals surface area contributed by atoms with Crippen LogP contribution >= 0.6 is 0 Å². The van der Waals surface area contributed by atoms with E-state index in [1.165, 1.54) is 6.26 Å². The molecule has 2 heteroatoms. The summed E-state index contributed by atoms with van der Waals surface area (Å²) in [5.74, 6) is 0. The zero-order valence-corrected chi connectivity index (χ0v) is 6.01. The van der Waals surface area contributed by atoms with Crippen LogP contribution in [0, 0.1) is 0 Å². The van der Waals surface area contributed by atoms with Gasteiger partial charge in [-0.25, -0.2) is 0 Å². The third kappa shape index (κ3) is 2.26. The maximum absolute atomic E-state index is 5.31. The second-order valence-corrected chi connectivity index (χ2v) is 2.29. The van der Waals surface area contributed by atoms with Crippen LogP contribution in [0.25, 0.3) is 0 Å². The van der Waals surface area contributed by atoms with E-state index in [2.05, 4.69) is 12.3 Å². The van der Waals surface area contributed by atoms with Crippen molar-refractivity contribution in [3.05, 3.63) is 18.6 Å². The molecule has 1 aliphatic heterocycles. The zero-order valence-electron chi connectivity index (χ0n) is 6.01. The fraction of sp³-hybridized carbons (Fsp3) is 0.625. The van der Waals surface area contributed by atoms with E-state index in [1.54, 1.807) is 0 Å². The Kier molecular flexibility index (Phi) is 3.07. The minimum Gasteiger partial charge on any atom is -0.490 e. The molecule has 1 saturated heterocycles. The van der Waals surface area contributed by atoms with Crippen LogP contribution in [0.15, 0.2) is 18.6 Å². The monoisotopic (exact) mass is 140 g/mol. The molecule has 0 spiro atoms. The fourth-order valence-electron chi connectivity index (χ4n) is 0.990. The molecule has 0 saturated carbocycles. The molecule has 1 unspecified atom stereocenters. The molecule has 56 valence electrons. The molecule has 1 heterocycles. The maximum Gasteiger partial charge on any atom is 0.125 e. The highest BCUT2D eigenvalue weighted by atomic mass is 16.5. The van der Waals surface area contributed by atoms with Crippen molar-refractivity contribution < 1.29 is 9.47 Å². The van der Waals surface area contributed by atoms with Crippen LogP contribution in [0.3, 0.4) is 0 Å². The smallest absolute Gasteiger partial charge is 0.125 e. The fourth-order valence-corrected chi connectivity index (χ4v) is 0.990. The number of ether oxygens (including phenoxy) is 2. The first-order valence-corrected chi connectivity index (χ1v) is 3.51. The molecule has 2 nitrogen and oxygen atoms in total. The summed E-state index contributed by atoms with van der Waals surface area (Å²) in [6, 6.07) is 0. The Balaban J connectivity index is 2.06. The van der Waals surface area contributed by atoms with Crippen LogP contribution in [0.4, 0.5) is 0 Å². The first kappa shape index (κ1) is 7.39. The Morgan fingerprint density at radius 1 is 1.80 bits per heavy atom. The summed E-state index contributed by atoms with van der Waals surface area (Å²) in [6.45, 7) is 4.90. The van der Waals surface area contributed by atoms with Gasteiger partial charge in [-0.05, 0) is 12.8 Å². The third-order valence-corrected chi connectivity index (χ3v) is 1.47. The number of hydrogen-bond acceptors (Lipinski definition) is 2. The molecular weight excluding hydrogens is 128 g/mol. The van der Waals surface area contributed by atoms with E-state index in [9.17, 15) is 0 Å². The van der Waals surface area contributed by atoms with Gasteiger partial charge in [0.1, 0.15) is 12.9 Å². The predicted molar refractivity (Wildman–Crippen MR) is 38.6 cm³/mol. The lowest BCUT2D eigenvalue weighted by molar-refractivity contribution is 0.0521. The second kappa shape index (κ2) is 4.15. The first-order chi connectivity index (χ1) is 4.93. The van der Waals surface area contributed by atoms with E-state index < -0.39 is 0 Å². The van der Waals surface area contributed by atoms with Crippen molar-refractivity contribution in [1.82, 2.24) is 0 Å². The summed E-state index contributed by atoms with van der Waals surface area (Å²) >= 11 is 0. The van der Waals surface area contributed by atoms with Gasteiger partial charge in [0.05, 0.1) is 6.10 Å². The topological polar surface area (TPSA) is 18.5 Å². The largest absolute Gasteiger partial charge is 0.490 e. The summed E-state index contributed by atoms with van der Waals surface area (Å²) < 4.78 is 10.3. The molecule has 0 aliphatic carbocycles. The molecule has 1 rings (SSSR count). The van der Waals surface area contributed by atoms with E-state index in [0.29, 0.717) is 12.7 Å². The normalized spacial score (nSPS) is 23.8. The van der Waals surface area contributed by atoms with Crippen LogP contribution in [0.1, 0.15) is 12.8 Å². The van der Waals surface area contributed by atoms with Crippen molar-refractivity contribution in [3.8, 4) is 0 Å².